The fourth-order valence-corrected chi connectivity index (χ4v) is 2.88. The highest BCUT2D eigenvalue weighted by Crippen LogP contribution is 2.23. The molecule has 2 aromatic heterocycles. The molecule has 0 unspecified atom stereocenters. The number of fused-ring (bicyclic) bond motifs is 1. The molecule has 0 aliphatic carbocycles. The van der Waals surface area contributed by atoms with Crippen LogP contribution in [0.25, 0.3) is 10.2 Å². The number of nitrogens with zero attached hydrogens (tertiary/aromatic N) is 2. The van der Waals surface area contributed by atoms with Gasteiger partial charge in [-0.25, -0.2) is 14.8 Å². The molecule has 120 valence electrons. The van der Waals surface area contributed by atoms with Gasteiger partial charge in [-0.1, -0.05) is 11.8 Å². The molecule has 0 spiro atoms. The molecule has 0 aliphatic heterocycles. The molecule has 0 saturated carbocycles. The van der Waals surface area contributed by atoms with Crippen molar-refractivity contribution in [1.82, 2.24) is 9.97 Å². The molecule has 0 bridgehead atoms. The highest BCUT2D eigenvalue weighted by atomic mass is 32.1. The van der Waals surface area contributed by atoms with Crippen molar-refractivity contribution in [2.24, 2.45) is 0 Å². The molecule has 0 radical (unpaired) electrons. The first-order chi connectivity index (χ1) is 11.8. The highest BCUT2D eigenvalue weighted by molar-refractivity contribution is 7.16. The normalized spacial score (nSPS) is 10.0. The third-order valence-electron chi connectivity index (χ3n) is 3.34. The predicted octanol–water partition coefficient (Wildman–Crippen LogP) is 3.33. The Morgan fingerprint density at radius 3 is 2.88 bits per heavy atom. The number of carbonyl (C=O) groups excluding carboxylic acids is 1. The van der Waals surface area contributed by atoms with E-state index >= 15 is 0 Å². The Balaban J connectivity index is 1.55. The first-order valence-electron chi connectivity index (χ1n) is 7.37. The van der Waals surface area contributed by atoms with Crippen LogP contribution in [0.1, 0.15) is 22.3 Å². The lowest BCUT2D eigenvalue weighted by molar-refractivity contribution is 0.0600. The molecule has 6 heteroatoms. The van der Waals surface area contributed by atoms with Crippen LogP contribution in [0.3, 0.4) is 0 Å². The van der Waals surface area contributed by atoms with E-state index in [1.807, 2.05) is 23.6 Å². The van der Waals surface area contributed by atoms with Crippen LogP contribution in [-0.4, -0.2) is 29.6 Å². The maximum atomic E-state index is 11.4. The molecule has 5 nitrogen and oxygen atoms in total. The SMILES string of the molecule is COC(=O)c1ccc(C#CCCNc2ncnc3sccc23)cc1. The van der Waals surface area contributed by atoms with Crippen molar-refractivity contribution in [2.45, 2.75) is 6.42 Å². The van der Waals surface area contributed by atoms with Crippen LogP contribution >= 0.6 is 11.3 Å². The number of hydrogen-bond donors (Lipinski definition) is 1. The number of aromatic nitrogens is 2. The van der Waals surface area contributed by atoms with Crippen molar-refractivity contribution >= 4 is 33.3 Å². The van der Waals surface area contributed by atoms with Crippen LogP contribution in [0.4, 0.5) is 5.82 Å². The van der Waals surface area contributed by atoms with Gasteiger partial charge in [0.15, 0.2) is 0 Å². The molecule has 0 saturated heterocycles. The number of benzene rings is 1. The predicted molar refractivity (Wildman–Crippen MR) is 95.2 cm³/mol. The van der Waals surface area contributed by atoms with E-state index < -0.39 is 0 Å². The smallest absolute Gasteiger partial charge is 0.337 e. The molecular formula is C18H15N3O2S. The Kier molecular flexibility index (Phi) is 5.04. The van der Waals surface area contributed by atoms with Gasteiger partial charge in [0.25, 0.3) is 0 Å². The second-order valence-corrected chi connectivity index (χ2v) is 5.80. The zero-order valence-electron chi connectivity index (χ0n) is 13.1. The number of nitrogens with one attached hydrogen (secondary N) is 1. The zero-order chi connectivity index (χ0) is 16.8. The Bertz CT molecular complexity index is 907. The van der Waals surface area contributed by atoms with Gasteiger partial charge in [-0.15, -0.1) is 11.3 Å². The average Bonchev–Trinajstić information content (AvgIpc) is 3.11. The fourth-order valence-electron chi connectivity index (χ4n) is 2.15. The standard InChI is InChI=1S/C18H15N3O2S/c1-23-18(22)14-7-5-13(6-8-14)4-2-3-10-19-16-15-9-11-24-17(15)21-12-20-16/h5-9,11-12H,3,10H2,1H3,(H,19,20,21). The van der Waals surface area contributed by atoms with E-state index in [4.69, 9.17) is 0 Å². The Morgan fingerprint density at radius 1 is 1.25 bits per heavy atom. The highest BCUT2D eigenvalue weighted by Gasteiger charge is 2.04. The lowest BCUT2D eigenvalue weighted by atomic mass is 10.1. The van der Waals surface area contributed by atoms with E-state index in [1.54, 1.807) is 29.8 Å². The lowest BCUT2D eigenvalue weighted by Gasteiger charge is -2.03. The average molecular weight is 337 g/mol. The molecule has 3 aromatic rings. The third-order valence-corrected chi connectivity index (χ3v) is 4.16. The molecule has 1 aromatic carbocycles. The van der Waals surface area contributed by atoms with Gasteiger partial charge < -0.3 is 10.1 Å². The number of thiophene rings is 1. The topological polar surface area (TPSA) is 64.1 Å². The zero-order valence-corrected chi connectivity index (χ0v) is 13.9. The summed E-state index contributed by atoms with van der Waals surface area (Å²) in [5.41, 5.74) is 1.39. The second kappa shape index (κ2) is 7.57. The summed E-state index contributed by atoms with van der Waals surface area (Å²) in [5.74, 6) is 6.68. The Labute approximate surface area is 143 Å². The van der Waals surface area contributed by atoms with Gasteiger partial charge in [-0.3, -0.25) is 0 Å². The number of carbonyl (C=O) groups is 1. The Hall–Kier alpha value is -2.91. The van der Waals surface area contributed by atoms with Gasteiger partial charge in [0, 0.05) is 18.5 Å². The van der Waals surface area contributed by atoms with Crippen molar-refractivity contribution in [3.63, 3.8) is 0 Å². The quantitative estimate of drug-likeness (QED) is 0.449. The van der Waals surface area contributed by atoms with Crippen molar-refractivity contribution in [1.29, 1.82) is 0 Å². The first kappa shape index (κ1) is 16.0. The molecular weight excluding hydrogens is 322 g/mol. The summed E-state index contributed by atoms with van der Waals surface area (Å²) < 4.78 is 4.66. The van der Waals surface area contributed by atoms with Crippen LogP contribution < -0.4 is 5.32 Å². The number of methoxy groups -OCH3 is 1. The number of rotatable bonds is 4. The van der Waals surface area contributed by atoms with E-state index in [-0.39, 0.29) is 5.97 Å². The third kappa shape index (κ3) is 3.70. The van der Waals surface area contributed by atoms with E-state index in [2.05, 4.69) is 31.9 Å². The maximum absolute atomic E-state index is 11.4. The second-order valence-electron chi connectivity index (χ2n) is 4.91. The maximum Gasteiger partial charge on any atom is 0.337 e. The van der Waals surface area contributed by atoms with E-state index in [0.717, 1.165) is 21.6 Å². The van der Waals surface area contributed by atoms with Crippen molar-refractivity contribution in [3.05, 3.63) is 53.2 Å². The molecule has 0 fully saturated rings. The summed E-state index contributed by atoms with van der Waals surface area (Å²) in [6.45, 7) is 0.704. The van der Waals surface area contributed by atoms with E-state index in [1.165, 1.54) is 7.11 Å². The number of esters is 1. The van der Waals surface area contributed by atoms with Gasteiger partial charge >= 0.3 is 5.97 Å². The van der Waals surface area contributed by atoms with Crippen molar-refractivity contribution in [3.8, 4) is 11.8 Å². The Morgan fingerprint density at radius 2 is 2.08 bits per heavy atom. The largest absolute Gasteiger partial charge is 0.465 e. The van der Waals surface area contributed by atoms with Gasteiger partial charge in [-0.2, -0.15) is 0 Å². The summed E-state index contributed by atoms with van der Waals surface area (Å²) >= 11 is 1.60. The molecule has 0 amide bonds. The minimum absolute atomic E-state index is 0.344. The minimum atomic E-state index is -0.344. The van der Waals surface area contributed by atoms with E-state index in [0.29, 0.717) is 18.5 Å². The molecule has 24 heavy (non-hydrogen) atoms. The van der Waals surface area contributed by atoms with E-state index in [9.17, 15) is 4.79 Å². The fraction of sp³-hybridized carbons (Fsp3) is 0.167. The summed E-state index contributed by atoms with van der Waals surface area (Å²) in [6.07, 6.45) is 2.25. The van der Waals surface area contributed by atoms with Gasteiger partial charge in [-0.05, 0) is 35.7 Å². The summed E-state index contributed by atoms with van der Waals surface area (Å²) in [7, 11) is 1.37. The van der Waals surface area contributed by atoms with Crippen LogP contribution in [-0.2, 0) is 4.74 Å². The van der Waals surface area contributed by atoms with Crippen LogP contribution in [0.15, 0.2) is 42.0 Å². The minimum Gasteiger partial charge on any atom is -0.465 e. The van der Waals surface area contributed by atoms with Gasteiger partial charge in [0.2, 0.25) is 0 Å². The lowest BCUT2D eigenvalue weighted by Crippen LogP contribution is -2.02. The van der Waals surface area contributed by atoms with Crippen molar-refractivity contribution in [2.75, 3.05) is 19.0 Å². The molecule has 2 heterocycles. The summed E-state index contributed by atoms with van der Waals surface area (Å²) in [5, 5.41) is 6.32. The molecule has 1 N–H and O–H groups in total. The number of anilines is 1. The number of ether oxygens (including phenoxy) is 1. The molecule has 0 atom stereocenters. The van der Waals surface area contributed by atoms with Crippen LogP contribution in [0.2, 0.25) is 0 Å². The summed E-state index contributed by atoms with van der Waals surface area (Å²) in [4.78, 5) is 20.8. The number of hydrogen-bond acceptors (Lipinski definition) is 6. The first-order valence-corrected chi connectivity index (χ1v) is 8.25. The van der Waals surface area contributed by atoms with Crippen molar-refractivity contribution < 1.29 is 9.53 Å². The molecule has 0 aliphatic rings. The monoisotopic (exact) mass is 337 g/mol. The van der Waals surface area contributed by atoms with Crippen LogP contribution in [0.5, 0.6) is 0 Å². The molecule has 3 rings (SSSR count). The van der Waals surface area contributed by atoms with Gasteiger partial charge in [0.1, 0.15) is 17.0 Å². The summed E-state index contributed by atoms with van der Waals surface area (Å²) in [6, 6.07) is 9.06. The van der Waals surface area contributed by atoms with Crippen LogP contribution in [0, 0.1) is 11.8 Å². The van der Waals surface area contributed by atoms with Gasteiger partial charge in [0.05, 0.1) is 18.1 Å².